The van der Waals surface area contributed by atoms with Crippen LogP contribution in [0, 0.1) is 0 Å². The predicted molar refractivity (Wildman–Crippen MR) is 91.5 cm³/mol. The second-order valence-electron chi connectivity index (χ2n) is 5.35. The molecule has 0 aliphatic carbocycles. The second-order valence-corrected chi connectivity index (χ2v) is 5.35. The highest BCUT2D eigenvalue weighted by atomic mass is 15.2. The minimum atomic E-state index is 1.02. The monoisotopic (exact) mass is 281 g/mol. The smallest absolute Gasteiger partial charge is 0.0603 e. The van der Waals surface area contributed by atoms with Crippen molar-refractivity contribution in [1.82, 2.24) is 0 Å². The molecule has 1 N–H and O–H groups in total. The first-order chi connectivity index (χ1) is 10.4. The minimum absolute atomic E-state index is 1.02. The van der Waals surface area contributed by atoms with Crippen molar-refractivity contribution in [2.75, 3.05) is 47.8 Å². The van der Waals surface area contributed by atoms with Gasteiger partial charge in [-0.15, -0.1) is 0 Å². The summed E-state index contributed by atoms with van der Waals surface area (Å²) in [6.45, 7) is 7.46. The zero-order valence-electron chi connectivity index (χ0n) is 12.6. The molecule has 2 aromatic rings. The van der Waals surface area contributed by atoms with Crippen LogP contribution in [0.25, 0.3) is 0 Å². The highest BCUT2D eigenvalue weighted by Crippen LogP contribution is 2.28. The summed E-state index contributed by atoms with van der Waals surface area (Å²) in [7, 11) is 0. The van der Waals surface area contributed by atoms with Gasteiger partial charge in [0, 0.05) is 38.4 Å². The number of nitrogens with one attached hydrogen (secondary N) is 1. The maximum atomic E-state index is 3.47. The molecule has 3 heteroatoms. The first-order valence-electron chi connectivity index (χ1n) is 7.76. The Bertz CT molecular complexity index is 568. The number of para-hydroxylation sites is 3. The molecule has 0 fully saturated rings. The Morgan fingerprint density at radius 3 is 2.62 bits per heavy atom. The lowest BCUT2D eigenvalue weighted by Crippen LogP contribution is -2.40. The third kappa shape index (κ3) is 3.13. The van der Waals surface area contributed by atoms with Crippen molar-refractivity contribution in [2.45, 2.75) is 6.92 Å². The second kappa shape index (κ2) is 6.53. The molecule has 1 aliphatic rings. The van der Waals surface area contributed by atoms with Gasteiger partial charge < -0.3 is 15.1 Å². The van der Waals surface area contributed by atoms with E-state index in [4.69, 9.17) is 0 Å². The van der Waals surface area contributed by atoms with Gasteiger partial charge in [-0.25, -0.2) is 0 Å². The highest BCUT2D eigenvalue weighted by molar-refractivity contribution is 5.72. The fourth-order valence-corrected chi connectivity index (χ4v) is 2.93. The van der Waals surface area contributed by atoms with Crippen LogP contribution in [0.5, 0.6) is 0 Å². The molecule has 0 amide bonds. The van der Waals surface area contributed by atoms with E-state index in [-0.39, 0.29) is 0 Å². The van der Waals surface area contributed by atoms with Crippen molar-refractivity contribution in [3.8, 4) is 0 Å². The summed E-state index contributed by atoms with van der Waals surface area (Å²) < 4.78 is 0. The van der Waals surface area contributed by atoms with Crippen molar-refractivity contribution in [1.29, 1.82) is 0 Å². The number of hydrogen-bond acceptors (Lipinski definition) is 3. The first-order valence-corrected chi connectivity index (χ1v) is 7.76. The average molecular weight is 281 g/mol. The molecule has 3 rings (SSSR count). The molecule has 0 spiro atoms. The summed E-state index contributed by atoms with van der Waals surface area (Å²) in [5.41, 5.74) is 3.89. The van der Waals surface area contributed by atoms with E-state index >= 15 is 0 Å². The lowest BCUT2D eigenvalue weighted by Gasteiger charge is -2.34. The Morgan fingerprint density at radius 2 is 1.81 bits per heavy atom. The summed E-state index contributed by atoms with van der Waals surface area (Å²) in [5.74, 6) is 0. The normalized spacial score (nSPS) is 13.5. The summed E-state index contributed by atoms with van der Waals surface area (Å²) in [5, 5.41) is 3.47. The van der Waals surface area contributed by atoms with E-state index in [1.165, 1.54) is 17.1 Å². The molecule has 3 nitrogen and oxygen atoms in total. The van der Waals surface area contributed by atoms with Gasteiger partial charge in [-0.1, -0.05) is 30.3 Å². The third-order valence-corrected chi connectivity index (χ3v) is 4.08. The Morgan fingerprint density at radius 1 is 1.05 bits per heavy atom. The fraction of sp³-hybridized carbons (Fsp3) is 0.333. The molecule has 0 atom stereocenters. The summed E-state index contributed by atoms with van der Waals surface area (Å²) in [4.78, 5) is 4.92. The summed E-state index contributed by atoms with van der Waals surface area (Å²) in [6.07, 6.45) is 0. The molecule has 2 aromatic carbocycles. The molecule has 0 bridgehead atoms. The van der Waals surface area contributed by atoms with Gasteiger partial charge in [-0.3, -0.25) is 0 Å². The van der Waals surface area contributed by atoms with Crippen molar-refractivity contribution >= 4 is 17.1 Å². The molecule has 21 heavy (non-hydrogen) atoms. The lowest BCUT2D eigenvalue weighted by molar-refractivity contribution is 0.735. The van der Waals surface area contributed by atoms with E-state index < -0.39 is 0 Å². The van der Waals surface area contributed by atoms with Gasteiger partial charge in [0.2, 0.25) is 0 Å². The largest absolute Gasteiger partial charge is 0.382 e. The SMILES string of the molecule is CCN(CCN1CCNc2ccccc21)c1ccccc1. The Hall–Kier alpha value is -2.16. The molecular formula is C18H23N3. The first kappa shape index (κ1) is 13.8. The summed E-state index contributed by atoms with van der Waals surface area (Å²) >= 11 is 0. The maximum Gasteiger partial charge on any atom is 0.0603 e. The molecule has 0 saturated heterocycles. The van der Waals surface area contributed by atoms with E-state index in [9.17, 15) is 0 Å². The van der Waals surface area contributed by atoms with Crippen molar-refractivity contribution in [3.05, 3.63) is 54.6 Å². The van der Waals surface area contributed by atoms with Crippen molar-refractivity contribution in [3.63, 3.8) is 0 Å². The van der Waals surface area contributed by atoms with Gasteiger partial charge in [0.05, 0.1) is 11.4 Å². The molecule has 0 radical (unpaired) electrons. The number of nitrogens with zero attached hydrogens (tertiary/aromatic N) is 2. The number of likely N-dealkylation sites (N-methyl/N-ethyl adjacent to an activating group) is 1. The van der Waals surface area contributed by atoms with E-state index in [0.717, 1.165) is 32.7 Å². The zero-order valence-corrected chi connectivity index (χ0v) is 12.6. The number of fused-ring (bicyclic) bond motifs is 1. The predicted octanol–water partition coefficient (Wildman–Crippen LogP) is 3.45. The molecule has 1 aliphatic heterocycles. The topological polar surface area (TPSA) is 18.5 Å². The van der Waals surface area contributed by atoms with Crippen LogP contribution in [0.2, 0.25) is 0 Å². The van der Waals surface area contributed by atoms with E-state index in [1.54, 1.807) is 0 Å². The molecule has 110 valence electrons. The van der Waals surface area contributed by atoms with Gasteiger partial charge in [-0.05, 0) is 31.2 Å². The van der Waals surface area contributed by atoms with Crippen LogP contribution >= 0.6 is 0 Å². The van der Waals surface area contributed by atoms with Crippen molar-refractivity contribution in [2.24, 2.45) is 0 Å². The van der Waals surface area contributed by atoms with Crippen LogP contribution < -0.4 is 15.1 Å². The highest BCUT2D eigenvalue weighted by Gasteiger charge is 2.16. The molecular weight excluding hydrogens is 258 g/mol. The number of benzene rings is 2. The molecule has 0 unspecified atom stereocenters. The number of anilines is 3. The van der Waals surface area contributed by atoms with Crippen molar-refractivity contribution < 1.29 is 0 Å². The quantitative estimate of drug-likeness (QED) is 0.905. The Labute approximate surface area is 127 Å². The van der Waals surface area contributed by atoms with Gasteiger partial charge in [-0.2, -0.15) is 0 Å². The third-order valence-electron chi connectivity index (χ3n) is 4.08. The Kier molecular flexibility index (Phi) is 4.29. The molecule has 0 aromatic heterocycles. The zero-order chi connectivity index (χ0) is 14.5. The minimum Gasteiger partial charge on any atom is -0.382 e. The standard InChI is InChI=1S/C18H23N3/c1-2-20(16-8-4-3-5-9-16)14-15-21-13-12-19-17-10-6-7-11-18(17)21/h3-11,19H,2,12-15H2,1H3. The fourth-order valence-electron chi connectivity index (χ4n) is 2.93. The van der Waals surface area contributed by atoms with Crippen LogP contribution in [-0.4, -0.2) is 32.7 Å². The van der Waals surface area contributed by atoms with Crippen LogP contribution in [0.1, 0.15) is 6.92 Å². The van der Waals surface area contributed by atoms with Gasteiger partial charge in [0.25, 0.3) is 0 Å². The van der Waals surface area contributed by atoms with E-state index in [0.29, 0.717) is 0 Å². The Balaban J connectivity index is 1.68. The van der Waals surface area contributed by atoms with Gasteiger partial charge >= 0.3 is 0 Å². The molecule has 1 heterocycles. The van der Waals surface area contributed by atoms with Gasteiger partial charge in [0.15, 0.2) is 0 Å². The van der Waals surface area contributed by atoms with E-state index in [1.807, 2.05) is 0 Å². The summed E-state index contributed by atoms with van der Waals surface area (Å²) in [6, 6.07) is 19.3. The lowest BCUT2D eigenvalue weighted by atomic mass is 10.2. The number of hydrogen-bond donors (Lipinski definition) is 1. The van der Waals surface area contributed by atoms with Crippen LogP contribution in [0.4, 0.5) is 17.1 Å². The van der Waals surface area contributed by atoms with Crippen LogP contribution in [0.3, 0.4) is 0 Å². The maximum absolute atomic E-state index is 3.47. The van der Waals surface area contributed by atoms with Crippen LogP contribution in [0.15, 0.2) is 54.6 Å². The van der Waals surface area contributed by atoms with Crippen LogP contribution in [-0.2, 0) is 0 Å². The molecule has 0 saturated carbocycles. The number of rotatable bonds is 5. The average Bonchev–Trinajstić information content (AvgIpc) is 2.56. The van der Waals surface area contributed by atoms with E-state index in [2.05, 4.69) is 76.6 Å². The van der Waals surface area contributed by atoms with Gasteiger partial charge in [0.1, 0.15) is 0 Å².